The Kier molecular flexibility index (Phi) is 2.69. The molecule has 2 N–H and O–H groups in total. The minimum Gasteiger partial charge on any atom is -0.366 e. The van der Waals surface area contributed by atoms with Crippen LogP contribution in [0.2, 0.25) is 0 Å². The molecule has 6 nitrogen and oxygen atoms in total. The van der Waals surface area contributed by atoms with Crippen molar-refractivity contribution in [3.05, 3.63) is 30.9 Å². The summed E-state index contributed by atoms with van der Waals surface area (Å²) in [5, 5.41) is 11.0. The van der Waals surface area contributed by atoms with Gasteiger partial charge in [-0.05, 0) is 6.07 Å². The molecule has 16 heavy (non-hydrogen) atoms. The molecule has 0 amide bonds. The molecule has 2 heterocycles. The van der Waals surface area contributed by atoms with Crippen molar-refractivity contribution >= 4 is 17.3 Å². The molecule has 80 valence electrons. The summed E-state index contributed by atoms with van der Waals surface area (Å²) in [6, 6.07) is 3.63. The fraction of sp³-hybridized carbons (Fsp3) is 0.100. The van der Waals surface area contributed by atoms with Crippen LogP contribution in [-0.4, -0.2) is 22.0 Å². The summed E-state index contributed by atoms with van der Waals surface area (Å²) in [6.45, 7) is 0. The third-order valence-corrected chi connectivity index (χ3v) is 2.15. The van der Waals surface area contributed by atoms with Crippen LogP contribution in [0.4, 0.5) is 17.3 Å². The van der Waals surface area contributed by atoms with Crippen molar-refractivity contribution in [2.45, 2.75) is 0 Å². The largest absolute Gasteiger partial charge is 0.366 e. The second kappa shape index (κ2) is 4.31. The van der Waals surface area contributed by atoms with E-state index in [1.165, 1.54) is 6.33 Å². The number of nitrogens with one attached hydrogen (secondary N) is 2. The van der Waals surface area contributed by atoms with Gasteiger partial charge in [-0.2, -0.15) is 5.26 Å². The van der Waals surface area contributed by atoms with Crippen LogP contribution >= 0.6 is 0 Å². The van der Waals surface area contributed by atoms with Gasteiger partial charge in [0, 0.05) is 25.5 Å². The van der Waals surface area contributed by atoms with Gasteiger partial charge >= 0.3 is 0 Å². The molecule has 0 unspecified atom stereocenters. The molecule has 2 rings (SSSR count). The molecule has 0 aromatic carbocycles. The smallest absolute Gasteiger partial charge is 0.182 e. The highest BCUT2D eigenvalue weighted by Crippen LogP contribution is 2.21. The summed E-state index contributed by atoms with van der Waals surface area (Å²) in [4.78, 5) is 12.9. The van der Waals surface area contributed by atoms with E-state index < -0.39 is 0 Å². The van der Waals surface area contributed by atoms with Crippen molar-refractivity contribution in [1.82, 2.24) is 15.0 Å². The van der Waals surface area contributed by atoms with Crippen LogP contribution in [0.3, 0.4) is 0 Å². The summed E-state index contributed by atoms with van der Waals surface area (Å²) >= 11 is 0. The van der Waals surface area contributed by atoms with Gasteiger partial charge in [0.2, 0.25) is 0 Å². The zero-order valence-electron chi connectivity index (χ0n) is 8.68. The van der Waals surface area contributed by atoms with Gasteiger partial charge in [0.1, 0.15) is 18.0 Å². The molecule has 6 heteroatoms. The normalized spacial score (nSPS) is 9.50. The van der Waals surface area contributed by atoms with Crippen LogP contribution in [0.5, 0.6) is 0 Å². The summed E-state index contributed by atoms with van der Waals surface area (Å²) < 4.78 is 0. The number of nitrogens with zero attached hydrogens (tertiary/aromatic N) is 4. The molecule has 0 spiro atoms. The van der Waals surface area contributed by atoms with Gasteiger partial charge in [0.05, 0.1) is 5.69 Å². The Balaban J connectivity index is 2.27. The maximum Gasteiger partial charge on any atom is 0.182 e. The highest BCUT2D eigenvalue weighted by molar-refractivity contribution is 5.61. The number of rotatable bonds is 3. The second-order valence-electron chi connectivity index (χ2n) is 3.13. The van der Waals surface area contributed by atoms with Crippen LogP contribution in [0.15, 0.2) is 30.9 Å². The van der Waals surface area contributed by atoms with Crippen molar-refractivity contribution in [2.24, 2.45) is 0 Å². The third kappa shape index (κ3) is 1.93. The maximum atomic E-state index is 8.49. The Morgan fingerprint density at radius 3 is 3.06 bits per heavy atom. The summed E-state index contributed by atoms with van der Waals surface area (Å²) in [5.41, 5.74) is 0.988. The number of hydrogen-bond donors (Lipinski definition) is 2. The molecule has 0 aliphatic carbocycles. The number of hydrogen-bond acceptors (Lipinski definition) is 5. The van der Waals surface area contributed by atoms with E-state index in [2.05, 4.69) is 20.3 Å². The average molecular weight is 214 g/mol. The molecule has 0 aliphatic rings. The lowest BCUT2D eigenvalue weighted by atomic mass is 10.4. The van der Waals surface area contributed by atoms with Crippen molar-refractivity contribution < 1.29 is 0 Å². The Labute approximate surface area is 92.6 Å². The van der Waals surface area contributed by atoms with E-state index in [9.17, 15) is 0 Å². The monoisotopic (exact) mass is 214 g/mol. The average Bonchev–Trinajstić information content (AvgIpc) is 2.82. The fourth-order valence-electron chi connectivity index (χ4n) is 1.31. The lowest BCUT2D eigenvalue weighted by Gasteiger charge is -2.16. The predicted octanol–water partition coefficient (Wildman–Crippen LogP) is 1.47. The number of nitriles is 1. The van der Waals surface area contributed by atoms with Crippen molar-refractivity contribution in [3.8, 4) is 6.19 Å². The van der Waals surface area contributed by atoms with Crippen LogP contribution in [-0.2, 0) is 0 Å². The van der Waals surface area contributed by atoms with Gasteiger partial charge in [-0.3, -0.25) is 5.32 Å². The molecule has 0 saturated carbocycles. The van der Waals surface area contributed by atoms with Crippen molar-refractivity contribution in [3.63, 3.8) is 0 Å². The first-order chi connectivity index (χ1) is 7.81. The maximum absolute atomic E-state index is 8.49. The van der Waals surface area contributed by atoms with E-state index in [-0.39, 0.29) is 0 Å². The van der Waals surface area contributed by atoms with Gasteiger partial charge in [-0.1, -0.05) is 0 Å². The number of anilines is 3. The highest BCUT2D eigenvalue weighted by Gasteiger charge is 2.06. The molecule has 0 atom stereocenters. The molecule has 2 aromatic rings. The van der Waals surface area contributed by atoms with E-state index in [1.807, 2.05) is 36.6 Å². The van der Waals surface area contributed by atoms with Crippen LogP contribution in [0, 0.1) is 11.5 Å². The molecule has 0 radical (unpaired) electrons. The zero-order valence-corrected chi connectivity index (χ0v) is 8.68. The Morgan fingerprint density at radius 2 is 2.38 bits per heavy atom. The Bertz CT molecular complexity index is 498. The molecule has 2 aromatic heterocycles. The van der Waals surface area contributed by atoms with Gasteiger partial charge in [-0.15, -0.1) is 0 Å². The van der Waals surface area contributed by atoms with E-state index >= 15 is 0 Å². The Hall–Kier alpha value is -2.55. The zero-order chi connectivity index (χ0) is 11.4. The third-order valence-electron chi connectivity index (χ3n) is 2.15. The van der Waals surface area contributed by atoms with Gasteiger partial charge in [-0.25, -0.2) is 9.97 Å². The molecule has 0 aliphatic heterocycles. The van der Waals surface area contributed by atoms with Crippen LogP contribution in [0.25, 0.3) is 0 Å². The first-order valence-corrected chi connectivity index (χ1v) is 4.65. The summed E-state index contributed by atoms with van der Waals surface area (Å²) in [6.07, 6.45) is 6.93. The quantitative estimate of drug-likeness (QED) is 0.597. The van der Waals surface area contributed by atoms with Gasteiger partial charge < -0.3 is 9.88 Å². The molecular weight excluding hydrogens is 204 g/mol. The topological polar surface area (TPSA) is 80.6 Å². The van der Waals surface area contributed by atoms with Crippen LogP contribution < -0.4 is 10.2 Å². The SMILES string of the molecule is CN(c1cc[nH]c1)c1cc(NC#N)ncn1. The molecule has 0 fully saturated rings. The van der Waals surface area contributed by atoms with Crippen molar-refractivity contribution in [2.75, 3.05) is 17.3 Å². The van der Waals surface area contributed by atoms with Gasteiger partial charge in [0.25, 0.3) is 0 Å². The van der Waals surface area contributed by atoms with E-state index in [1.54, 1.807) is 6.07 Å². The Morgan fingerprint density at radius 1 is 1.50 bits per heavy atom. The molecule has 0 saturated heterocycles. The molecular formula is C10H10N6. The van der Waals surface area contributed by atoms with Crippen molar-refractivity contribution in [1.29, 1.82) is 5.26 Å². The van der Waals surface area contributed by atoms with E-state index in [4.69, 9.17) is 5.26 Å². The van der Waals surface area contributed by atoms with E-state index in [0.29, 0.717) is 11.6 Å². The second-order valence-corrected chi connectivity index (χ2v) is 3.13. The lowest BCUT2D eigenvalue weighted by molar-refractivity contribution is 1.08. The number of aromatic amines is 1. The number of H-pyrrole nitrogens is 1. The summed E-state index contributed by atoms with van der Waals surface area (Å²) in [7, 11) is 1.89. The van der Waals surface area contributed by atoms with Crippen LogP contribution in [0.1, 0.15) is 0 Å². The number of aromatic nitrogens is 3. The van der Waals surface area contributed by atoms with Gasteiger partial charge in [0.15, 0.2) is 6.19 Å². The first-order valence-electron chi connectivity index (χ1n) is 4.65. The lowest BCUT2D eigenvalue weighted by Crippen LogP contribution is -2.10. The standard InChI is InChI=1S/C10H10N6/c1-16(8-2-3-12-5-8)10-4-9(13-6-11)14-7-15-10/h2-5,7,12H,1H3,(H,13,14,15). The van der Waals surface area contributed by atoms with E-state index in [0.717, 1.165) is 5.69 Å². The summed E-state index contributed by atoms with van der Waals surface area (Å²) in [5.74, 6) is 1.20. The fourth-order valence-corrected chi connectivity index (χ4v) is 1.31. The minimum atomic E-state index is 0.481. The minimum absolute atomic E-state index is 0.481. The first kappa shape index (κ1) is 9.98. The molecule has 0 bridgehead atoms. The highest BCUT2D eigenvalue weighted by atomic mass is 15.2. The predicted molar refractivity (Wildman–Crippen MR) is 60.1 cm³/mol.